The minimum Gasteiger partial charge on any atom is -0.493 e. The van der Waals surface area contributed by atoms with E-state index in [1.54, 1.807) is 21.3 Å². The van der Waals surface area contributed by atoms with Gasteiger partial charge >= 0.3 is 0 Å². The number of ether oxygens (including phenoxy) is 3. The quantitative estimate of drug-likeness (QED) is 0.708. The van der Waals surface area contributed by atoms with Crippen molar-refractivity contribution in [2.24, 2.45) is 5.92 Å². The smallest absolute Gasteiger partial charge is 0.203 e. The first-order chi connectivity index (χ1) is 15.0. The molecule has 6 heteroatoms. The third-order valence-electron chi connectivity index (χ3n) is 7.21. The number of halogens is 1. The fraction of sp³-hybridized carbons (Fsp3) is 0.520. The molecule has 2 aliphatic rings. The van der Waals surface area contributed by atoms with Gasteiger partial charge in [0.2, 0.25) is 5.75 Å². The Labute approximate surface area is 189 Å². The van der Waals surface area contributed by atoms with Crippen molar-refractivity contribution < 1.29 is 24.2 Å². The summed E-state index contributed by atoms with van der Waals surface area (Å²) in [4.78, 5) is 1.42. The van der Waals surface area contributed by atoms with Crippen LogP contribution in [0, 0.1) is 5.92 Å². The fourth-order valence-corrected chi connectivity index (χ4v) is 5.89. The summed E-state index contributed by atoms with van der Waals surface area (Å²) in [6.07, 6.45) is 4.95. The fourth-order valence-electron chi connectivity index (χ4n) is 5.69. The third-order valence-corrected chi connectivity index (χ3v) is 7.58. The molecule has 2 N–H and O–H groups in total. The van der Waals surface area contributed by atoms with Crippen LogP contribution < -0.4 is 19.1 Å². The predicted molar refractivity (Wildman–Crippen MR) is 121 cm³/mol. The largest absolute Gasteiger partial charge is 0.493 e. The van der Waals surface area contributed by atoms with E-state index in [4.69, 9.17) is 25.8 Å². The Morgan fingerprint density at radius 3 is 2.39 bits per heavy atom. The van der Waals surface area contributed by atoms with E-state index in [2.05, 4.69) is 18.2 Å². The number of quaternary nitrogens is 1. The number of aliphatic hydroxyl groups is 1. The van der Waals surface area contributed by atoms with E-state index in [0.29, 0.717) is 17.2 Å². The number of hydrogen-bond donors (Lipinski definition) is 2. The topological polar surface area (TPSA) is 52.4 Å². The number of piperidine rings is 1. The minimum atomic E-state index is -0.618. The molecule has 4 rings (SSSR count). The maximum Gasteiger partial charge on any atom is 0.203 e. The molecule has 0 bridgehead atoms. The molecule has 0 radical (unpaired) electrons. The van der Waals surface area contributed by atoms with Crippen LogP contribution in [-0.4, -0.2) is 38.6 Å². The molecule has 1 aliphatic heterocycles. The molecule has 0 amide bonds. The van der Waals surface area contributed by atoms with Crippen LogP contribution in [-0.2, 0) is 6.54 Å². The Kier molecular flexibility index (Phi) is 6.65. The van der Waals surface area contributed by atoms with Gasteiger partial charge in [-0.25, -0.2) is 0 Å². The Balaban J connectivity index is 1.79. The first kappa shape index (κ1) is 22.3. The van der Waals surface area contributed by atoms with Gasteiger partial charge in [0, 0.05) is 28.5 Å². The molecular formula is C25H33ClNO4+. The van der Waals surface area contributed by atoms with Crippen LogP contribution in [0.15, 0.2) is 36.4 Å². The molecule has 2 fully saturated rings. The minimum absolute atomic E-state index is 0.115. The molecule has 0 aromatic heterocycles. The van der Waals surface area contributed by atoms with Crippen LogP contribution in [0.25, 0.3) is 0 Å². The standard InChI is InChI=1S/C25H32ClNO4/c1-29-21-14-18(15-22(30-2)24(21)31-3)23-19-9-6-7-11-25(19,28)12-13-27(23)16-17-8-4-5-10-20(17)26/h4-5,8,10,14-15,19,23,28H,6-7,9,11-13,16H2,1-3H3/p+1/t19-,23+,25-/m1/s1. The van der Waals surface area contributed by atoms with E-state index in [-0.39, 0.29) is 12.0 Å². The summed E-state index contributed by atoms with van der Waals surface area (Å²) in [6.45, 7) is 1.70. The van der Waals surface area contributed by atoms with Gasteiger partial charge in [-0.2, -0.15) is 0 Å². The van der Waals surface area contributed by atoms with E-state index < -0.39 is 5.60 Å². The zero-order valence-corrected chi connectivity index (χ0v) is 19.4. The normalized spacial score (nSPS) is 28.0. The van der Waals surface area contributed by atoms with Gasteiger partial charge in [0.1, 0.15) is 12.6 Å². The van der Waals surface area contributed by atoms with Crippen molar-refractivity contribution in [1.29, 1.82) is 0 Å². The molecule has 4 atom stereocenters. The summed E-state index contributed by atoms with van der Waals surface area (Å²) < 4.78 is 16.8. The van der Waals surface area contributed by atoms with Gasteiger partial charge in [-0.1, -0.05) is 42.6 Å². The summed E-state index contributed by atoms with van der Waals surface area (Å²) >= 11 is 6.52. The average Bonchev–Trinajstić information content (AvgIpc) is 2.79. The van der Waals surface area contributed by atoms with Crippen molar-refractivity contribution >= 4 is 11.6 Å². The Morgan fingerprint density at radius 1 is 1.03 bits per heavy atom. The Morgan fingerprint density at radius 2 is 1.74 bits per heavy atom. The van der Waals surface area contributed by atoms with Crippen molar-refractivity contribution in [1.82, 2.24) is 0 Å². The number of benzene rings is 2. The molecule has 0 spiro atoms. The van der Waals surface area contributed by atoms with Gasteiger partial charge in [0.25, 0.3) is 0 Å². The monoisotopic (exact) mass is 446 g/mol. The summed E-state index contributed by atoms with van der Waals surface area (Å²) in [7, 11) is 4.91. The second-order valence-corrected chi connectivity index (χ2v) is 9.23. The van der Waals surface area contributed by atoms with E-state index in [1.807, 2.05) is 18.2 Å². The number of fused-ring (bicyclic) bond motifs is 1. The van der Waals surface area contributed by atoms with Gasteiger partial charge < -0.3 is 24.2 Å². The highest BCUT2D eigenvalue weighted by Gasteiger charge is 2.52. The van der Waals surface area contributed by atoms with E-state index in [0.717, 1.165) is 61.3 Å². The molecule has 5 nitrogen and oxygen atoms in total. The highest BCUT2D eigenvalue weighted by Crippen LogP contribution is 2.47. The second kappa shape index (κ2) is 9.27. The lowest BCUT2D eigenvalue weighted by molar-refractivity contribution is -0.958. The lowest BCUT2D eigenvalue weighted by atomic mass is 9.66. The number of nitrogens with one attached hydrogen (secondary N) is 1. The Bertz CT molecular complexity index is 895. The molecule has 1 unspecified atom stereocenters. The highest BCUT2D eigenvalue weighted by molar-refractivity contribution is 6.31. The number of methoxy groups -OCH3 is 3. The molecule has 1 saturated heterocycles. The molecule has 1 heterocycles. The van der Waals surface area contributed by atoms with Crippen LogP contribution in [0.2, 0.25) is 5.02 Å². The molecular weight excluding hydrogens is 414 g/mol. The molecule has 1 saturated carbocycles. The Hall–Kier alpha value is -1.95. The number of hydrogen-bond acceptors (Lipinski definition) is 4. The van der Waals surface area contributed by atoms with Crippen LogP contribution >= 0.6 is 11.6 Å². The zero-order valence-electron chi connectivity index (χ0n) is 18.6. The summed E-state index contributed by atoms with van der Waals surface area (Å²) in [5.74, 6) is 2.07. The highest BCUT2D eigenvalue weighted by atomic mass is 35.5. The van der Waals surface area contributed by atoms with E-state index in [1.165, 1.54) is 4.90 Å². The second-order valence-electron chi connectivity index (χ2n) is 8.82. The lowest BCUT2D eigenvalue weighted by Crippen LogP contribution is -3.13. The summed E-state index contributed by atoms with van der Waals surface area (Å²) in [6, 6.07) is 12.3. The van der Waals surface area contributed by atoms with Gasteiger partial charge in [0.05, 0.1) is 33.5 Å². The maximum absolute atomic E-state index is 11.6. The van der Waals surface area contributed by atoms with Crippen LogP contribution in [0.1, 0.15) is 49.3 Å². The van der Waals surface area contributed by atoms with E-state index >= 15 is 0 Å². The number of rotatable bonds is 6. The zero-order chi connectivity index (χ0) is 22.0. The van der Waals surface area contributed by atoms with Crippen molar-refractivity contribution in [2.75, 3.05) is 27.9 Å². The molecule has 2 aromatic rings. The van der Waals surface area contributed by atoms with Gasteiger partial charge in [-0.15, -0.1) is 0 Å². The molecule has 168 valence electrons. The van der Waals surface area contributed by atoms with Crippen molar-refractivity contribution in [3.63, 3.8) is 0 Å². The van der Waals surface area contributed by atoms with Crippen molar-refractivity contribution in [2.45, 2.75) is 50.3 Å². The summed E-state index contributed by atoms with van der Waals surface area (Å²) in [5, 5.41) is 12.4. The first-order valence-corrected chi connectivity index (χ1v) is 11.5. The SMILES string of the molecule is COc1cc([C@H]2[C@H]3CCCC[C@@]3(O)CC[NH+]2Cc2ccccc2Cl)cc(OC)c1OC. The predicted octanol–water partition coefficient (Wildman–Crippen LogP) is 3.82. The number of likely N-dealkylation sites (tertiary alicyclic amines) is 1. The average molecular weight is 447 g/mol. The maximum atomic E-state index is 11.6. The first-order valence-electron chi connectivity index (χ1n) is 11.1. The molecule has 2 aromatic carbocycles. The van der Waals surface area contributed by atoms with Crippen molar-refractivity contribution in [3.05, 3.63) is 52.5 Å². The summed E-state index contributed by atoms with van der Waals surface area (Å²) in [5.41, 5.74) is 1.63. The van der Waals surface area contributed by atoms with Crippen LogP contribution in [0.3, 0.4) is 0 Å². The van der Waals surface area contributed by atoms with E-state index in [9.17, 15) is 5.11 Å². The molecule has 31 heavy (non-hydrogen) atoms. The third kappa shape index (κ3) is 4.23. The molecule has 1 aliphatic carbocycles. The van der Waals surface area contributed by atoms with Gasteiger partial charge in [-0.05, 0) is 31.0 Å². The van der Waals surface area contributed by atoms with Crippen LogP contribution in [0.4, 0.5) is 0 Å². The van der Waals surface area contributed by atoms with Gasteiger partial charge in [-0.3, -0.25) is 0 Å². The lowest BCUT2D eigenvalue weighted by Gasteiger charge is -2.50. The van der Waals surface area contributed by atoms with Crippen LogP contribution in [0.5, 0.6) is 17.2 Å². The van der Waals surface area contributed by atoms with Gasteiger partial charge in [0.15, 0.2) is 11.5 Å². The van der Waals surface area contributed by atoms with Crippen molar-refractivity contribution in [3.8, 4) is 17.2 Å².